The first-order valence-corrected chi connectivity index (χ1v) is 6.78. The Bertz CT molecular complexity index is 462. The molecule has 0 saturated heterocycles. The lowest BCUT2D eigenvalue weighted by atomic mass is 9.87. The van der Waals surface area contributed by atoms with Crippen LogP contribution in [0.1, 0.15) is 50.5 Å². The second-order valence-electron chi connectivity index (χ2n) is 5.44. The van der Waals surface area contributed by atoms with Crippen LogP contribution >= 0.6 is 0 Å². The molecule has 1 atom stereocenters. The molecule has 0 heterocycles. The van der Waals surface area contributed by atoms with Crippen molar-refractivity contribution < 1.29 is 0 Å². The smallest absolute Gasteiger partial charge is 0.00890 e. The van der Waals surface area contributed by atoms with Crippen molar-refractivity contribution in [2.45, 2.75) is 44.9 Å². The summed E-state index contributed by atoms with van der Waals surface area (Å²) in [6, 6.07) is 11.0. The van der Waals surface area contributed by atoms with E-state index in [0.717, 1.165) is 0 Å². The lowest BCUT2D eigenvalue weighted by molar-refractivity contribution is 0.651. The van der Waals surface area contributed by atoms with Crippen molar-refractivity contribution in [3.8, 4) is 0 Å². The molecule has 0 saturated carbocycles. The highest BCUT2D eigenvalue weighted by Crippen LogP contribution is 2.42. The van der Waals surface area contributed by atoms with E-state index in [1.54, 1.807) is 16.7 Å². The van der Waals surface area contributed by atoms with E-state index >= 15 is 0 Å². The minimum Gasteiger partial charge on any atom is -0.0690 e. The van der Waals surface area contributed by atoms with Gasteiger partial charge in [-0.1, -0.05) is 54.0 Å². The summed E-state index contributed by atoms with van der Waals surface area (Å²) >= 11 is 0. The van der Waals surface area contributed by atoms with Gasteiger partial charge in [-0.3, -0.25) is 0 Å². The summed E-state index contributed by atoms with van der Waals surface area (Å²) in [7, 11) is 0. The Kier molecular flexibility index (Phi) is 2.88. The molecule has 0 aromatic heterocycles. The van der Waals surface area contributed by atoms with Gasteiger partial charge in [-0.25, -0.2) is 0 Å². The number of benzene rings is 1. The van der Waals surface area contributed by atoms with Gasteiger partial charge in [0.25, 0.3) is 0 Å². The van der Waals surface area contributed by atoms with Gasteiger partial charge in [0, 0.05) is 5.92 Å². The van der Waals surface area contributed by atoms with E-state index in [9.17, 15) is 0 Å². The minimum atomic E-state index is 0.658. The summed E-state index contributed by atoms with van der Waals surface area (Å²) in [6.45, 7) is 2.27. The maximum Gasteiger partial charge on any atom is 0.00890 e. The SMILES string of the molecule is CC1=CC2=C(CCCCC2c2ccccc2)C1. The van der Waals surface area contributed by atoms with E-state index in [-0.39, 0.29) is 0 Å². The monoisotopic (exact) mass is 224 g/mol. The zero-order valence-corrected chi connectivity index (χ0v) is 10.6. The van der Waals surface area contributed by atoms with Crippen molar-refractivity contribution in [1.29, 1.82) is 0 Å². The van der Waals surface area contributed by atoms with Gasteiger partial charge in [0.15, 0.2) is 0 Å². The summed E-state index contributed by atoms with van der Waals surface area (Å²) in [5.74, 6) is 0.658. The van der Waals surface area contributed by atoms with Crippen molar-refractivity contribution in [2.24, 2.45) is 0 Å². The molecule has 3 rings (SSSR count). The van der Waals surface area contributed by atoms with Crippen molar-refractivity contribution in [3.63, 3.8) is 0 Å². The number of hydrogen-bond donors (Lipinski definition) is 0. The summed E-state index contributed by atoms with van der Waals surface area (Å²) in [4.78, 5) is 0. The van der Waals surface area contributed by atoms with E-state index < -0.39 is 0 Å². The van der Waals surface area contributed by atoms with Crippen molar-refractivity contribution in [2.75, 3.05) is 0 Å². The van der Waals surface area contributed by atoms with Gasteiger partial charge in [0.05, 0.1) is 0 Å². The highest BCUT2D eigenvalue weighted by Gasteiger charge is 2.24. The molecule has 88 valence electrons. The quantitative estimate of drug-likeness (QED) is 0.630. The molecule has 0 amide bonds. The third kappa shape index (κ3) is 2.09. The molecule has 17 heavy (non-hydrogen) atoms. The van der Waals surface area contributed by atoms with E-state index in [1.807, 2.05) is 0 Å². The Balaban J connectivity index is 2.00. The average molecular weight is 224 g/mol. The summed E-state index contributed by atoms with van der Waals surface area (Å²) in [6.07, 6.45) is 9.10. The molecule has 0 aliphatic heterocycles. The molecule has 1 aromatic carbocycles. The molecule has 2 aliphatic carbocycles. The van der Waals surface area contributed by atoms with Crippen LogP contribution in [-0.2, 0) is 0 Å². The van der Waals surface area contributed by atoms with Crippen LogP contribution < -0.4 is 0 Å². The van der Waals surface area contributed by atoms with Crippen LogP contribution in [0.5, 0.6) is 0 Å². The van der Waals surface area contributed by atoms with Crippen LogP contribution in [0.4, 0.5) is 0 Å². The molecule has 0 heteroatoms. The van der Waals surface area contributed by atoms with E-state index in [2.05, 4.69) is 43.3 Å². The molecule has 0 N–H and O–H groups in total. The highest BCUT2D eigenvalue weighted by molar-refractivity contribution is 5.46. The topological polar surface area (TPSA) is 0 Å². The fourth-order valence-corrected chi connectivity index (χ4v) is 3.31. The highest BCUT2D eigenvalue weighted by atomic mass is 14.3. The van der Waals surface area contributed by atoms with Crippen molar-refractivity contribution in [1.82, 2.24) is 0 Å². The second-order valence-corrected chi connectivity index (χ2v) is 5.44. The molecule has 1 unspecified atom stereocenters. The fraction of sp³-hybridized carbons (Fsp3) is 0.412. The lowest BCUT2D eigenvalue weighted by Crippen LogP contribution is -2.00. The zero-order chi connectivity index (χ0) is 11.7. The molecule has 0 bridgehead atoms. The first-order chi connectivity index (χ1) is 8.34. The van der Waals surface area contributed by atoms with Gasteiger partial charge in [-0.05, 0) is 43.7 Å². The third-order valence-corrected chi connectivity index (χ3v) is 4.10. The number of allylic oxidation sites excluding steroid dienone is 4. The maximum absolute atomic E-state index is 2.46. The molecule has 1 aromatic rings. The molecule has 0 fully saturated rings. The largest absolute Gasteiger partial charge is 0.0690 e. The standard InChI is InChI=1S/C17H20/c1-13-11-15-9-5-6-10-16(17(15)12-13)14-7-3-2-4-8-14/h2-4,7-8,12,16H,5-6,9-11H2,1H3. The van der Waals surface area contributed by atoms with Crippen molar-refractivity contribution in [3.05, 3.63) is 58.7 Å². The Labute approximate surface area is 104 Å². The molecular weight excluding hydrogens is 204 g/mol. The number of rotatable bonds is 1. The third-order valence-electron chi connectivity index (χ3n) is 4.10. The average Bonchev–Trinajstić information content (AvgIpc) is 2.61. The van der Waals surface area contributed by atoms with Crippen LogP contribution in [0, 0.1) is 0 Å². The summed E-state index contributed by atoms with van der Waals surface area (Å²) in [5.41, 5.74) is 6.42. The Hall–Kier alpha value is -1.30. The van der Waals surface area contributed by atoms with Crippen LogP contribution in [0.3, 0.4) is 0 Å². The van der Waals surface area contributed by atoms with E-state index in [4.69, 9.17) is 0 Å². The molecule has 0 nitrogen and oxygen atoms in total. The van der Waals surface area contributed by atoms with Gasteiger partial charge >= 0.3 is 0 Å². The first kappa shape index (κ1) is 10.8. The predicted octanol–water partition coefficient (Wildman–Crippen LogP) is 4.99. The van der Waals surface area contributed by atoms with E-state index in [1.165, 1.54) is 37.7 Å². The zero-order valence-electron chi connectivity index (χ0n) is 10.6. The summed E-state index contributed by atoms with van der Waals surface area (Å²) in [5, 5.41) is 0. The van der Waals surface area contributed by atoms with E-state index in [0.29, 0.717) is 5.92 Å². The Morgan fingerprint density at radius 2 is 1.88 bits per heavy atom. The van der Waals surface area contributed by atoms with Gasteiger partial charge in [-0.2, -0.15) is 0 Å². The molecular formula is C17H20. The Morgan fingerprint density at radius 1 is 1.06 bits per heavy atom. The van der Waals surface area contributed by atoms with Crippen LogP contribution in [0.25, 0.3) is 0 Å². The predicted molar refractivity (Wildman–Crippen MR) is 73.1 cm³/mol. The molecule has 0 spiro atoms. The molecule has 2 aliphatic rings. The van der Waals surface area contributed by atoms with Gasteiger partial charge in [0.2, 0.25) is 0 Å². The van der Waals surface area contributed by atoms with Crippen LogP contribution in [-0.4, -0.2) is 0 Å². The number of hydrogen-bond acceptors (Lipinski definition) is 0. The fourth-order valence-electron chi connectivity index (χ4n) is 3.31. The maximum atomic E-state index is 2.46. The first-order valence-electron chi connectivity index (χ1n) is 6.78. The van der Waals surface area contributed by atoms with Gasteiger partial charge in [-0.15, -0.1) is 0 Å². The second kappa shape index (κ2) is 4.52. The van der Waals surface area contributed by atoms with Gasteiger partial charge < -0.3 is 0 Å². The van der Waals surface area contributed by atoms with Crippen LogP contribution in [0.2, 0.25) is 0 Å². The van der Waals surface area contributed by atoms with Crippen LogP contribution in [0.15, 0.2) is 53.1 Å². The van der Waals surface area contributed by atoms with Crippen molar-refractivity contribution >= 4 is 0 Å². The normalized spacial score (nSPS) is 24.3. The lowest BCUT2D eigenvalue weighted by Gasteiger charge is -2.17. The Morgan fingerprint density at radius 3 is 2.71 bits per heavy atom. The minimum absolute atomic E-state index is 0.658. The molecule has 0 radical (unpaired) electrons. The summed E-state index contributed by atoms with van der Waals surface area (Å²) < 4.78 is 0. The van der Waals surface area contributed by atoms with Gasteiger partial charge in [0.1, 0.15) is 0 Å².